The number of carboxylic acids is 1. The zero-order chi connectivity index (χ0) is 16.0. The highest BCUT2D eigenvalue weighted by atomic mass is 16.6. The number of amides is 1. The van der Waals surface area contributed by atoms with Crippen LogP contribution < -0.4 is 5.32 Å². The molecule has 0 aromatic heterocycles. The lowest BCUT2D eigenvalue weighted by Crippen LogP contribution is -2.35. The van der Waals surface area contributed by atoms with Gasteiger partial charge < -0.3 is 10.4 Å². The lowest BCUT2D eigenvalue weighted by atomic mass is 10.2. The average Bonchev–Trinajstić information content (AvgIpc) is 2.38. The third-order valence-corrected chi connectivity index (χ3v) is 2.78. The van der Waals surface area contributed by atoms with Gasteiger partial charge in [-0.25, -0.2) is 0 Å². The molecule has 1 unspecified atom stereocenters. The van der Waals surface area contributed by atoms with E-state index in [4.69, 9.17) is 5.11 Å². The van der Waals surface area contributed by atoms with Crippen molar-refractivity contribution in [1.82, 2.24) is 4.90 Å². The van der Waals surface area contributed by atoms with Gasteiger partial charge in [-0.3, -0.25) is 24.6 Å². The summed E-state index contributed by atoms with van der Waals surface area (Å²) in [5.74, 6) is -1.80. The second-order valence-corrected chi connectivity index (χ2v) is 4.79. The average molecular weight is 295 g/mol. The number of benzene rings is 1. The highest BCUT2D eigenvalue weighted by Gasteiger charge is 2.15. The van der Waals surface area contributed by atoms with E-state index >= 15 is 0 Å². The Labute approximate surface area is 121 Å². The first kappa shape index (κ1) is 16.6. The monoisotopic (exact) mass is 295 g/mol. The molecule has 1 amide bonds. The molecule has 2 N–H and O–H groups in total. The third kappa shape index (κ3) is 5.57. The van der Waals surface area contributed by atoms with Gasteiger partial charge in [0.2, 0.25) is 5.91 Å². The molecule has 1 aromatic rings. The summed E-state index contributed by atoms with van der Waals surface area (Å²) in [5.41, 5.74) is 0.394. The summed E-state index contributed by atoms with van der Waals surface area (Å²) in [6.07, 6.45) is 0. The highest BCUT2D eigenvalue weighted by molar-refractivity contribution is 5.92. The molecular weight excluding hydrogens is 278 g/mol. The van der Waals surface area contributed by atoms with Crippen LogP contribution in [-0.4, -0.2) is 46.9 Å². The van der Waals surface area contributed by atoms with Crippen LogP contribution in [0.3, 0.4) is 0 Å². The van der Waals surface area contributed by atoms with E-state index < -0.39 is 16.8 Å². The van der Waals surface area contributed by atoms with E-state index in [1.807, 2.05) is 0 Å². The number of hydrogen-bond donors (Lipinski definition) is 2. The number of aliphatic carboxylic acids is 1. The Bertz CT molecular complexity index is 529. The van der Waals surface area contributed by atoms with Crippen molar-refractivity contribution in [2.45, 2.75) is 6.92 Å². The lowest BCUT2D eigenvalue weighted by molar-refractivity contribution is -0.384. The van der Waals surface area contributed by atoms with Gasteiger partial charge in [0.1, 0.15) is 0 Å². The van der Waals surface area contributed by atoms with Gasteiger partial charge in [-0.2, -0.15) is 0 Å². The summed E-state index contributed by atoms with van der Waals surface area (Å²) in [7, 11) is 1.65. The van der Waals surface area contributed by atoms with Crippen molar-refractivity contribution < 1.29 is 19.6 Å². The van der Waals surface area contributed by atoms with Crippen LogP contribution in [-0.2, 0) is 9.59 Å². The number of hydrogen-bond acceptors (Lipinski definition) is 5. The van der Waals surface area contributed by atoms with Crippen molar-refractivity contribution >= 4 is 23.3 Å². The molecule has 0 aliphatic carbocycles. The van der Waals surface area contributed by atoms with Crippen LogP contribution in [0.5, 0.6) is 0 Å². The molecular formula is C13H17N3O5. The molecule has 1 atom stereocenters. The Balaban J connectivity index is 2.49. The predicted molar refractivity (Wildman–Crippen MR) is 76.0 cm³/mol. The molecule has 0 fully saturated rings. The number of nitro benzene ring substituents is 1. The molecule has 21 heavy (non-hydrogen) atoms. The Morgan fingerprint density at radius 1 is 1.38 bits per heavy atom. The van der Waals surface area contributed by atoms with E-state index in [1.165, 1.54) is 24.3 Å². The van der Waals surface area contributed by atoms with Crippen LogP contribution in [0, 0.1) is 16.0 Å². The lowest BCUT2D eigenvalue weighted by Gasteiger charge is -2.18. The Kier molecular flexibility index (Phi) is 5.79. The summed E-state index contributed by atoms with van der Waals surface area (Å²) in [5, 5.41) is 21.9. The number of likely N-dealkylation sites (N-methyl/N-ethyl adjacent to an activating group) is 1. The van der Waals surface area contributed by atoms with Crippen molar-refractivity contribution in [1.29, 1.82) is 0 Å². The van der Waals surface area contributed by atoms with E-state index in [0.29, 0.717) is 5.69 Å². The molecule has 0 spiro atoms. The number of nitrogens with one attached hydrogen (secondary N) is 1. The van der Waals surface area contributed by atoms with Crippen LogP contribution in [0.1, 0.15) is 6.92 Å². The zero-order valence-electron chi connectivity index (χ0n) is 11.8. The number of anilines is 1. The van der Waals surface area contributed by atoms with Gasteiger partial charge in [0.15, 0.2) is 0 Å². The molecule has 0 heterocycles. The maximum atomic E-state index is 11.8. The van der Waals surface area contributed by atoms with Gasteiger partial charge in [0.05, 0.1) is 17.4 Å². The fourth-order valence-corrected chi connectivity index (χ4v) is 1.72. The maximum absolute atomic E-state index is 11.8. The van der Waals surface area contributed by atoms with Crippen LogP contribution in [0.15, 0.2) is 24.3 Å². The number of carbonyl (C=O) groups is 2. The quantitative estimate of drug-likeness (QED) is 0.577. The Morgan fingerprint density at radius 3 is 2.43 bits per heavy atom. The molecule has 0 aliphatic heterocycles. The summed E-state index contributed by atoms with van der Waals surface area (Å²) >= 11 is 0. The van der Waals surface area contributed by atoms with E-state index in [-0.39, 0.29) is 24.7 Å². The minimum absolute atomic E-state index is 0.0363. The molecule has 0 radical (unpaired) electrons. The highest BCUT2D eigenvalue weighted by Crippen LogP contribution is 2.15. The molecule has 114 valence electrons. The normalized spacial score (nSPS) is 12.0. The molecule has 8 nitrogen and oxygen atoms in total. The van der Waals surface area contributed by atoms with Crippen LogP contribution in [0.2, 0.25) is 0 Å². The van der Waals surface area contributed by atoms with Crippen molar-refractivity contribution in [2.24, 2.45) is 5.92 Å². The topological polar surface area (TPSA) is 113 Å². The smallest absolute Gasteiger partial charge is 0.307 e. The molecule has 8 heteroatoms. The van der Waals surface area contributed by atoms with E-state index in [0.717, 1.165) is 0 Å². The van der Waals surface area contributed by atoms with Crippen molar-refractivity contribution in [3.63, 3.8) is 0 Å². The van der Waals surface area contributed by atoms with E-state index in [9.17, 15) is 19.7 Å². The fourth-order valence-electron chi connectivity index (χ4n) is 1.72. The molecule has 0 saturated heterocycles. The van der Waals surface area contributed by atoms with E-state index in [1.54, 1.807) is 18.9 Å². The van der Waals surface area contributed by atoms with Crippen molar-refractivity contribution in [3.05, 3.63) is 34.4 Å². The van der Waals surface area contributed by atoms with Gasteiger partial charge in [0.25, 0.3) is 5.69 Å². The zero-order valence-corrected chi connectivity index (χ0v) is 11.8. The van der Waals surface area contributed by atoms with Crippen LogP contribution >= 0.6 is 0 Å². The molecule has 0 bridgehead atoms. The number of carbonyl (C=O) groups excluding carboxylic acids is 1. The first-order chi connectivity index (χ1) is 9.79. The van der Waals surface area contributed by atoms with Gasteiger partial charge in [0, 0.05) is 24.4 Å². The van der Waals surface area contributed by atoms with E-state index in [2.05, 4.69) is 5.32 Å². The molecule has 0 saturated carbocycles. The van der Waals surface area contributed by atoms with Crippen LogP contribution in [0.25, 0.3) is 0 Å². The second-order valence-electron chi connectivity index (χ2n) is 4.79. The fraction of sp³-hybridized carbons (Fsp3) is 0.385. The number of nitro groups is 1. The Hall–Kier alpha value is -2.48. The SMILES string of the molecule is CC(CN(C)CC(=O)Nc1ccc([N+](=O)[O-])cc1)C(=O)O. The molecule has 1 rings (SSSR count). The first-order valence-corrected chi connectivity index (χ1v) is 6.25. The standard InChI is InChI=1S/C13H17N3O5/c1-9(13(18)19)7-15(2)8-12(17)14-10-3-5-11(6-4-10)16(20)21/h3-6,9H,7-8H2,1-2H3,(H,14,17)(H,18,19). The Morgan fingerprint density at radius 2 is 1.95 bits per heavy atom. The summed E-state index contributed by atoms with van der Waals surface area (Å²) in [6, 6.07) is 5.48. The summed E-state index contributed by atoms with van der Waals surface area (Å²) in [6.45, 7) is 1.85. The second kappa shape index (κ2) is 7.34. The van der Waals surface area contributed by atoms with Crippen LogP contribution in [0.4, 0.5) is 11.4 Å². The van der Waals surface area contributed by atoms with Gasteiger partial charge in [-0.1, -0.05) is 6.92 Å². The minimum Gasteiger partial charge on any atom is -0.481 e. The minimum atomic E-state index is -0.919. The number of non-ortho nitro benzene ring substituents is 1. The van der Waals surface area contributed by atoms with Crippen molar-refractivity contribution in [3.8, 4) is 0 Å². The van der Waals surface area contributed by atoms with Gasteiger partial charge in [-0.05, 0) is 19.2 Å². The van der Waals surface area contributed by atoms with Crippen molar-refractivity contribution in [2.75, 3.05) is 25.5 Å². The first-order valence-electron chi connectivity index (χ1n) is 6.25. The van der Waals surface area contributed by atoms with Gasteiger partial charge in [-0.15, -0.1) is 0 Å². The summed E-state index contributed by atoms with van der Waals surface area (Å²) in [4.78, 5) is 34.1. The third-order valence-electron chi connectivity index (χ3n) is 2.78. The number of nitrogens with zero attached hydrogens (tertiary/aromatic N) is 2. The number of carboxylic acid groups (broad SMARTS) is 1. The number of rotatable bonds is 7. The predicted octanol–water partition coefficient (Wildman–Crippen LogP) is 1.19. The van der Waals surface area contributed by atoms with Gasteiger partial charge >= 0.3 is 5.97 Å². The maximum Gasteiger partial charge on any atom is 0.307 e. The largest absolute Gasteiger partial charge is 0.481 e. The summed E-state index contributed by atoms with van der Waals surface area (Å²) < 4.78 is 0. The molecule has 1 aromatic carbocycles. The molecule has 0 aliphatic rings.